The molecule has 0 bridgehead atoms. The van der Waals surface area contributed by atoms with E-state index in [1.807, 2.05) is 6.08 Å². The van der Waals surface area contributed by atoms with Gasteiger partial charge in [0.25, 0.3) is 0 Å². The zero-order valence-corrected chi connectivity index (χ0v) is 34.5. The second-order valence-electron chi connectivity index (χ2n) is 15.5. The molecule has 0 aliphatic carbocycles. The molecular weight excluding hydrogens is 682 g/mol. The van der Waals surface area contributed by atoms with Gasteiger partial charge in [-0.25, -0.2) is 0 Å². The Balaban J connectivity index is 2.39. The monoisotopic (exact) mass is 766 g/mol. The molecule has 0 radical (unpaired) electrons. The molecule has 9 nitrogen and oxygen atoms in total. The fourth-order valence-electron chi connectivity index (χ4n) is 6.81. The zero-order chi connectivity index (χ0) is 39.5. The van der Waals surface area contributed by atoms with Gasteiger partial charge in [-0.3, -0.25) is 4.79 Å². The summed E-state index contributed by atoms with van der Waals surface area (Å²) in [5, 5.41) is 54.0. The highest BCUT2D eigenvalue weighted by Crippen LogP contribution is 2.22. The molecule has 1 heterocycles. The Hall–Kier alpha value is -1.59. The number of hydrogen-bond acceptors (Lipinski definition) is 8. The van der Waals surface area contributed by atoms with Crippen molar-refractivity contribution >= 4 is 5.91 Å². The van der Waals surface area contributed by atoms with Crippen molar-refractivity contribution in [2.75, 3.05) is 13.2 Å². The molecule has 9 heteroatoms. The molecule has 1 saturated heterocycles. The van der Waals surface area contributed by atoms with Gasteiger partial charge in [-0.05, 0) is 57.8 Å². The normalized spacial score (nSPS) is 21.8. The fourth-order valence-corrected chi connectivity index (χ4v) is 6.81. The van der Waals surface area contributed by atoms with Gasteiger partial charge in [0.1, 0.15) is 24.4 Å². The SMILES string of the molecule is CCCCCCCCC/C=C/CC/C=C/C(O)C(COC1OC(CO)C(O)C(O)C1O)NC(=O)CCCCCCC/C=C\CCCCCCCCCCC. The molecule has 1 aliphatic heterocycles. The zero-order valence-electron chi connectivity index (χ0n) is 34.5. The van der Waals surface area contributed by atoms with Gasteiger partial charge in [0, 0.05) is 6.42 Å². The first-order chi connectivity index (χ1) is 26.3. The molecule has 0 spiro atoms. The summed E-state index contributed by atoms with van der Waals surface area (Å²) in [6.07, 6.45) is 36.2. The summed E-state index contributed by atoms with van der Waals surface area (Å²) in [4.78, 5) is 12.9. The van der Waals surface area contributed by atoms with Crippen molar-refractivity contribution in [3.8, 4) is 0 Å². The molecule has 6 N–H and O–H groups in total. The number of hydrogen-bond donors (Lipinski definition) is 6. The van der Waals surface area contributed by atoms with Gasteiger partial charge >= 0.3 is 0 Å². The van der Waals surface area contributed by atoms with Gasteiger partial charge in [0.05, 0.1) is 25.4 Å². The molecule has 0 saturated carbocycles. The second-order valence-corrected chi connectivity index (χ2v) is 15.5. The molecule has 316 valence electrons. The second kappa shape index (κ2) is 35.8. The van der Waals surface area contributed by atoms with Crippen LogP contribution in [0.2, 0.25) is 0 Å². The third-order valence-corrected chi connectivity index (χ3v) is 10.4. The molecule has 0 aromatic rings. The van der Waals surface area contributed by atoms with E-state index in [2.05, 4.69) is 43.5 Å². The van der Waals surface area contributed by atoms with Crippen molar-refractivity contribution in [2.24, 2.45) is 0 Å². The summed E-state index contributed by atoms with van der Waals surface area (Å²) in [6, 6.07) is -0.823. The van der Waals surface area contributed by atoms with Crippen LogP contribution in [-0.4, -0.2) is 87.5 Å². The van der Waals surface area contributed by atoms with Crippen molar-refractivity contribution in [1.82, 2.24) is 5.32 Å². The molecule has 54 heavy (non-hydrogen) atoms. The smallest absolute Gasteiger partial charge is 0.220 e. The van der Waals surface area contributed by atoms with E-state index in [0.717, 1.165) is 57.8 Å². The number of ether oxygens (including phenoxy) is 2. The van der Waals surface area contributed by atoms with Crippen molar-refractivity contribution < 1.29 is 39.8 Å². The van der Waals surface area contributed by atoms with E-state index in [9.17, 15) is 30.3 Å². The van der Waals surface area contributed by atoms with Gasteiger partial charge in [0.2, 0.25) is 5.91 Å². The Morgan fingerprint density at radius 1 is 0.611 bits per heavy atom. The molecular formula is C45H83NO8. The Kier molecular flexibility index (Phi) is 33.4. The lowest BCUT2D eigenvalue weighted by Gasteiger charge is -2.40. The Bertz CT molecular complexity index is 941. The highest BCUT2D eigenvalue weighted by Gasteiger charge is 2.44. The van der Waals surface area contributed by atoms with Gasteiger partial charge in [-0.2, -0.15) is 0 Å². The first-order valence-corrected chi connectivity index (χ1v) is 22.2. The summed E-state index contributed by atoms with van der Waals surface area (Å²) in [6.45, 7) is 3.73. The van der Waals surface area contributed by atoms with Gasteiger partial charge < -0.3 is 40.3 Å². The van der Waals surface area contributed by atoms with Gasteiger partial charge in [-0.15, -0.1) is 0 Å². The third kappa shape index (κ3) is 26.3. The van der Waals surface area contributed by atoms with Crippen molar-refractivity contribution in [1.29, 1.82) is 0 Å². The van der Waals surface area contributed by atoms with Crippen LogP contribution in [0.4, 0.5) is 0 Å². The van der Waals surface area contributed by atoms with E-state index in [4.69, 9.17) is 9.47 Å². The van der Waals surface area contributed by atoms with Crippen molar-refractivity contribution in [2.45, 2.75) is 230 Å². The third-order valence-electron chi connectivity index (χ3n) is 10.4. The maximum Gasteiger partial charge on any atom is 0.220 e. The highest BCUT2D eigenvalue weighted by molar-refractivity contribution is 5.76. The van der Waals surface area contributed by atoms with Crippen molar-refractivity contribution in [3.05, 3.63) is 36.5 Å². The maximum atomic E-state index is 12.9. The summed E-state index contributed by atoms with van der Waals surface area (Å²) in [5.74, 6) is -0.197. The molecule has 1 fully saturated rings. The lowest BCUT2D eigenvalue weighted by Crippen LogP contribution is -2.60. The van der Waals surface area contributed by atoms with E-state index in [1.54, 1.807) is 6.08 Å². The maximum absolute atomic E-state index is 12.9. The van der Waals surface area contributed by atoms with Crippen LogP contribution in [0.5, 0.6) is 0 Å². The molecule has 1 amide bonds. The quantitative estimate of drug-likeness (QED) is 0.0274. The predicted molar refractivity (Wildman–Crippen MR) is 221 cm³/mol. The highest BCUT2D eigenvalue weighted by atomic mass is 16.7. The Labute approximate surface area is 330 Å². The number of aliphatic hydroxyl groups is 5. The van der Waals surface area contributed by atoms with E-state index in [0.29, 0.717) is 6.42 Å². The van der Waals surface area contributed by atoms with Crippen LogP contribution in [0, 0.1) is 0 Å². The van der Waals surface area contributed by atoms with E-state index in [1.165, 1.54) is 109 Å². The van der Waals surface area contributed by atoms with Crippen LogP contribution in [0.15, 0.2) is 36.5 Å². The van der Waals surface area contributed by atoms with Gasteiger partial charge in [0.15, 0.2) is 6.29 Å². The molecule has 7 unspecified atom stereocenters. The van der Waals surface area contributed by atoms with Crippen LogP contribution in [0.25, 0.3) is 0 Å². The van der Waals surface area contributed by atoms with Crippen LogP contribution in [0.1, 0.15) is 187 Å². The van der Waals surface area contributed by atoms with Gasteiger partial charge in [-0.1, -0.05) is 159 Å². The summed E-state index contributed by atoms with van der Waals surface area (Å²) < 4.78 is 11.2. The number of rotatable bonds is 36. The minimum absolute atomic E-state index is 0.197. The molecule has 0 aromatic heterocycles. The summed E-state index contributed by atoms with van der Waals surface area (Å²) in [5.41, 5.74) is 0. The number of nitrogens with one attached hydrogen (secondary N) is 1. The van der Waals surface area contributed by atoms with E-state index >= 15 is 0 Å². The number of allylic oxidation sites excluding steroid dienone is 5. The first-order valence-electron chi connectivity index (χ1n) is 22.2. The minimum Gasteiger partial charge on any atom is -0.394 e. The van der Waals surface area contributed by atoms with Crippen molar-refractivity contribution in [3.63, 3.8) is 0 Å². The number of unbranched alkanes of at least 4 members (excludes halogenated alkanes) is 22. The van der Waals surface area contributed by atoms with E-state index in [-0.39, 0.29) is 12.5 Å². The predicted octanol–water partition coefficient (Wildman–Crippen LogP) is 8.89. The Morgan fingerprint density at radius 2 is 1.06 bits per heavy atom. The largest absolute Gasteiger partial charge is 0.394 e. The van der Waals surface area contributed by atoms with Crippen LogP contribution in [0.3, 0.4) is 0 Å². The fraction of sp³-hybridized carbons (Fsp3) is 0.844. The molecule has 1 rings (SSSR count). The standard InChI is InChI=1S/C45H83NO8/c1-3-5-7-9-11-13-15-17-18-19-20-21-23-25-27-29-31-33-35-41(49)46-38(37-53-45-44(52)43(51)42(50)40(36-47)54-45)39(48)34-32-30-28-26-24-22-16-14-12-10-8-6-4-2/h20-21,24,26,32,34,38-40,42-45,47-48,50-52H,3-19,22-23,25,27-31,33,35-37H2,1-2H3,(H,46,49)/b21-20-,26-24+,34-32+. The van der Waals surface area contributed by atoms with Crippen LogP contribution in [-0.2, 0) is 14.3 Å². The first kappa shape index (κ1) is 50.4. The minimum atomic E-state index is -1.57. The molecule has 7 atom stereocenters. The molecule has 0 aromatic carbocycles. The lowest BCUT2D eigenvalue weighted by molar-refractivity contribution is -0.302. The number of aliphatic hydroxyl groups excluding tert-OH is 5. The lowest BCUT2D eigenvalue weighted by atomic mass is 9.99. The summed E-state index contributed by atoms with van der Waals surface area (Å²) in [7, 11) is 0. The van der Waals surface area contributed by atoms with E-state index < -0.39 is 49.5 Å². The number of carbonyl (C=O) groups is 1. The van der Waals surface area contributed by atoms with Crippen LogP contribution >= 0.6 is 0 Å². The van der Waals surface area contributed by atoms with Crippen LogP contribution < -0.4 is 5.32 Å². The summed E-state index contributed by atoms with van der Waals surface area (Å²) >= 11 is 0. The Morgan fingerprint density at radius 3 is 1.56 bits per heavy atom. The number of carbonyl (C=O) groups excluding carboxylic acids is 1. The topological polar surface area (TPSA) is 149 Å². The average molecular weight is 766 g/mol. The average Bonchev–Trinajstić information content (AvgIpc) is 3.17. The number of amides is 1. The molecule has 1 aliphatic rings.